The predicted molar refractivity (Wildman–Crippen MR) is 140 cm³/mol. The van der Waals surface area contributed by atoms with Gasteiger partial charge in [0.15, 0.2) is 41.6 Å². The molecule has 42 heavy (non-hydrogen) atoms. The highest BCUT2D eigenvalue weighted by molar-refractivity contribution is 8.07. The normalized spacial score (nSPS) is 35.5. The van der Waals surface area contributed by atoms with E-state index >= 15 is 8.78 Å². The number of nitrogens with one attached hydrogen (secondary N) is 1. The summed E-state index contributed by atoms with van der Waals surface area (Å²) in [5.41, 5.74) is 8.36. The first-order valence-electron chi connectivity index (χ1n) is 12.4. The van der Waals surface area contributed by atoms with Crippen LogP contribution in [-0.2, 0) is 30.3 Å². The molecule has 0 spiro atoms. The van der Waals surface area contributed by atoms with Crippen molar-refractivity contribution in [2.75, 3.05) is 18.1 Å². The highest BCUT2D eigenvalue weighted by atomic mass is 32.5. The van der Waals surface area contributed by atoms with E-state index in [9.17, 15) is 19.9 Å². The van der Waals surface area contributed by atoms with Crippen LogP contribution < -0.4 is 17.0 Å². The van der Waals surface area contributed by atoms with Crippen molar-refractivity contribution < 1.29 is 42.4 Å². The molecule has 2 unspecified atom stereocenters. The van der Waals surface area contributed by atoms with E-state index in [0.717, 1.165) is 10.9 Å². The quantitative estimate of drug-likeness (QED) is 0.133. The van der Waals surface area contributed by atoms with Gasteiger partial charge in [-0.1, -0.05) is 0 Å². The number of rotatable bonds is 7. The molecule has 10 atom stereocenters. The van der Waals surface area contributed by atoms with Gasteiger partial charge in [0.1, 0.15) is 42.2 Å². The second-order valence-corrected chi connectivity index (χ2v) is 12.8. The predicted octanol–water partition coefficient (Wildman–Crippen LogP) is -1.08. The van der Waals surface area contributed by atoms with Gasteiger partial charge in [-0.25, -0.2) is 23.7 Å². The third-order valence-electron chi connectivity index (χ3n) is 7.53. The lowest BCUT2D eigenvalue weighted by Crippen LogP contribution is -2.36. The first kappa shape index (κ1) is 27.6. The highest BCUT2D eigenvalue weighted by Crippen LogP contribution is 2.62. The number of hydrogen-bond donors (Lipinski definition) is 6. The fourth-order valence-corrected chi connectivity index (χ4v) is 6.76. The Kier molecular flexibility index (Phi) is 6.18. The molecule has 8 N–H and O–H groups in total. The Morgan fingerprint density at radius 3 is 2.76 bits per heavy atom. The Bertz CT molecular complexity index is 1830. The molecule has 1 saturated carbocycles. The van der Waals surface area contributed by atoms with Crippen LogP contribution in [0.1, 0.15) is 12.5 Å². The van der Waals surface area contributed by atoms with Crippen LogP contribution in [0.25, 0.3) is 22.2 Å². The number of hydrogen-bond acceptors (Lipinski definition) is 14. The van der Waals surface area contributed by atoms with Crippen LogP contribution in [0.3, 0.4) is 0 Å². The second kappa shape index (κ2) is 9.40. The van der Waals surface area contributed by atoms with Gasteiger partial charge >= 0.3 is 6.72 Å². The van der Waals surface area contributed by atoms with E-state index in [-0.39, 0.29) is 28.6 Å². The van der Waals surface area contributed by atoms with Crippen LogP contribution in [0.15, 0.2) is 29.7 Å². The fourth-order valence-electron chi connectivity index (χ4n) is 5.35. The van der Waals surface area contributed by atoms with Crippen molar-refractivity contribution >= 4 is 52.5 Å². The van der Waals surface area contributed by atoms with Crippen LogP contribution in [-0.4, -0.2) is 98.1 Å². The zero-order valence-electron chi connectivity index (χ0n) is 21.0. The van der Waals surface area contributed by atoms with Crippen LogP contribution in [0.5, 0.6) is 0 Å². The number of anilines is 2. The summed E-state index contributed by atoms with van der Waals surface area (Å²) < 4.78 is 55.4. The van der Waals surface area contributed by atoms with Crippen molar-refractivity contribution in [2.45, 2.75) is 54.8 Å². The van der Waals surface area contributed by atoms with Crippen molar-refractivity contribution in [1.82, 2.24) is 34.1 Å². The number of nitrogen functional groups attached to an aromatic ring is 2. The Balaban J connectivity index is 1.09. The molecule has 3 fully saturated rings. The van der Waals surface area contributed by atoms with Crippen LogP contribution in [0.2, 0.25) is 0 Å². The molecule has 3 aliphatic rings. The summed E-state index contributed by atoms with van der Waals surface area (Å²) >= 11 is 5.08. The molecule has 2 saturated heterocycles. The number of aromatic nitrogens is 7. The van der Waals surface area contributed by atoms with Crippen LogP contribution in [0.4, 0.5) is 20.5 Å². The van der Waals surface area contributed by atoms with E-state index in [1.807, 2.05) is 0 Å². The Morgan fingerprint density at radius 2 is 1.98 bits per heavy atom. The van der Waals surface area contributed by atoms with Gasteiger partial charge in [0.25, 0.3) is 5.56 Å². The SMILES string of the molecule is Nc1nc2c(ncn2[C@@H]2O[C@@H]3C(O)[C@]3(F)[C@H]2OP(O)(=S)OC[C@H]2O[C@@H](n3ccc4c(N)ncnc43)[C@@H](F)[C@@H]2O)c(=O)[nH]1. The molecular formula is C21H22F2N9O8PS. The van der Waals surface area contributed by atoms with Crippen molar-refractivity contribution in [1.29, 1.82) is 0 Å². The van der Waals surface area contributed by atoms with E-state index in [4.69, 9.17) is 41.8 Å². The summed E-state index contributed by atoms with van der Waals surface area (Å²) in [6, 6.07) is 1.56. The smallest absolute Gasteiger partial charge is 0.325 e. The Hall–Kier alpha value is -3.20. The Morgan fingerprint density at radius 1 is 1.19 bits per heavy atom. The topological polar surface area (TPSA) is 244 Å². The Labute approximate surface area is 237 Å². The lowest BCUT2D eigenvalue weighted by Gasteiger charge is -2.29. The lowest BCUT2D eigenvalue weighted by atomic mass is 10.1. The lowest BCUT2D eigenvalue weighted by molar-refractivity contribution is -0.0794. The van der Waals surface area contributed by atoms with E-state index in [0.29, 0.717) is 5.39 Å². The molecule has 7 rings (SSSR count). The second-order valence-electron chi connectivity index (χ2n) is 10.0. The number of aromatic amines is 1. The highest BCUT2D eigenvalue weighted by Gasteiger charge is 2.80. The summed E-state index contributed by atoms with van der Waals surface area (Å²) in [6.45, 7) is -5.01. The summed E-state index contributed by atoms with van der Waals surface area (Å²) in [6.07, 6.45) is -8.62. The minimum atomic E-state index is -4.37. The molecule has 0 bridgehead atoms. The molecule has 4 aromatic rings. The maximum absolute atomic E-state index is 15.7. The maximum Gasteiger partial charge on any atom is 0.325 e. The third-order valence-corrected chi connectivity index (χ3v) is 9.07. The standard InChI is InChI=1S/C21H22F2N9O8PS/c22-8-10(33)7(38-18(8)31-2-1-6-14(24)26-4-27-15(6)31)3-37-41(36,42)40-13-19(39-12-11(34)21(12,13)23)32-5-28-9-16(32)29-20(25)30-17(9)35/h1-2,4-5,7-8,10-13,18-19,33-34H,3H2,(H,36,42)(H2,24,26,27)(H3,25,29,30,35)/t7-,8+,10-,11?,12-,13+,18-,19-,21-,41?/m1/s1. The minimum absolute atomic E-state index is 0.0755. The van der Waals surface area contributed by atoms with Crippen molar-refractivity contribution in [3.8, 4) is 0 Å². The summed E-state index contributed by atoms with van der Waals surface area (Å²) in [5.74, 6) is -0.0767. The number of nitrogens with zero attached hydrogens (tertiary/aromatic N) is 6. The maximum atomic E-state index is 15.7. The van der Waals surface area contributed by atoms with Gasteiger partial charge in [-0.2, -0.15) is 4.98 Å². The van der Waals surface area contributed by atoms with Gasteiger partial charge in [-0.15, -0.1) is 0 Å². The summed E-state index contributed by atoms with van der Waals surface area (Å²) in [5, 5.41) is 21.1. The van der Waals surface area contributed by atoms with Crippen LogP contribution in [0, 0.1) is 0 Å². The summed E-state index contributed by atoms with van der Waals surface area (Å²) in [4.78, 5) is 41.2. The number of H-pyrrole nitrogens is 1. The van der Waals surface area contributed by atoms with Gasteiger partial charge < -0.3 is 45.1 Å². The molecule has 4 aromatic heterocycles. The number of alkyl halides is 2. The van der Waals surface area contributed by atoms with Gasteiger partial charge in [0.05, 0.1) is 18.3 Å². The van der Waals surface area contributed by atoms with Gasteiger partial charge in [-0.05, 0) is 17.9 Å². The van der Waals surface area contributed by atoms with E-state index < -0.39 is 73.7 Å². The summed E-state index contributed by atoms with van der Waals surface area (Å²) in [7, 11) is 0. The van der Waals surface area contributed by atoms with E-state index in [1.54, 1.807) is 6.07 Å². The number of aliphatic hydroxyl groups excluding tert-OH is 2. The zero-order valence-corrected chi connectivity index (χ0v) is 22.7. The number of imidazole rings is 1. The van der Waals surface area contributed by atoms with Crippen molar-refractivity contribution in [3.63, 3.8) is 0 Å². The largest absolute Gasteiger partial charge is 0.387 e. The number of nitrogens with two attached hydrogens (primary N) is 2. The van der Waals surface area contributed by atoms with Gasteiger partial charge in [-0.3, -0.25) is 18.9 Å². The third kappa shape index (κ3) is 4.06. The molecule has 17 nitrogen and oxygen atoms in total. The first-order chi connectivity index (χ1) is 19.9. The molecule has 1 aliphatic carbocycles. The average Bonchev–Trinajstić information content (AvgIpc) is 3.47. The fraction of sp³-hybridized carbons (Fsp3) is 0.476. The minimum Gasteiger partial charge on any atom is -0.387 e. The number of ether oxygens (including phenoxy) is 2. The molecule has 0 amide bonds. The first-order valence-corrected chi connectivity index (χ1v) is 14.9. The molecule has 6 heterocycles. The van der Waals surface area contributed by atoms with E-state index in [2.05, 4.69) is 24.9 Å². The van der Waals surface area contributed by atoms with Crippen molar-refractivity contribution in [3.05, 3.63) is 35.3 Å². The molecule has 0 radical (unpaired) electrons. The van der Waals surface area contributed by atoms with Crippen molar-refractivity contribution in [2.24, 2.45) is 0 Å². The molecule has 2 aliphatic heterocycles. The molecular weight excluding hydrogens is 607 g/mol. The molecule has 21 heteroatoms. The molecule has 224 valence electrons. The number of aliphatic hydroxyl groups is 2. The average molecular weight is 629 g/mol. The van der Waals surface area contributed by atoms with Gasteiger partial charge in [0.2, 0.25) is 5.95 Å². The van der Waals surface area contributed by atoms with E-state index in [1.165, 1.54) is 17.1 Å². The van der Waals surface area contributed by atoms with Crippen LogP contribution >= 0.6 is 6.72 Å². The number of fused-ring (bicyclic) bond motifs is 3. The number of halogens is 2. The zero-order chi connectivity index (χ0) is 29.7. The molecule has 0 aromatic carbocycles. The van der Waals surface area contributed by atoms with Gasteiger partial charge in [0, 0.05) is 6.20 Å². The monoisotopic (exact) mass is 629 g/mol.